The second-order valence-electron chi connectivity index (χ2n) is 8.18. The number of carboxylic acid groups (broad SMARTS) is 2. The molecule has 4 atom stereocenters. The molecule has 1 fully saturated rings. The molecule has 0 aliphatic carbocycles. The number of thioether (sulfide) groups is 1. The zero-order valence-electron chi connectivity index (χ0n) is 18.7. The van der Waals surface area contributed by atoms with E-state index >= 15 is 0 Å². The number of nitrogens with one attached hydrogen (secondary N) is 4. The molecule has 3 amide bonds. The summed E-state index contributed by atoms with van der Waals surface area (Å²) in [5.41, 5.74) is 0. The average molecular weight is 475 g/mol. The Bertz CT molecular complexity index is 683. The van der Waals surface area contributed by atoms with E-state index in [-0.39, 0.29) is 24.3 Å². The normalized spacial score (nSPS) is 18.4. The van der Waals surface area contributed by atoms with Gasteiger partial charge in [0.1, 0.15) is 18.1 Å². The molecule has 1 aliphatic heterocycles. The molecule has 1 heterocycles. The van der Waals surface area contributed by atoms with Crippen LogP contribution in [0.25, 0.3) is 0 Å². The fourth-order valence-corrected chi connectivity index (χ4v) is 3.78. The van der Waals surface area contributed by atoms with E-state index in [1.807, 2.05) is 20.1 Å². The van der Waals surface area contributed by atoms with Gasteiger partial charge < -0.3 is 31.5 Å². The van der Waals surface area contributed by atoms with Gasteiger partial charge in [0.15, 0.2) is 0 Å². The van der Waals surface area contributed by atoms with Crippen LogP contribution in [0.2, 0.25) is 0 Å². The zero-order chi connectivity index (χ0) is 24.3. The zero-order valence-corrected chi connectivity index (χ0v) is 19.5. The summed E-state index contributed by atoms with van der Waals surface area (Å²) < 4.78 is 0. The molecule has 6 N–H and O–H groups in total. The Morgan fingerprint density at radius 2 is 1.62 bits per heavy atom. The molecule has 182 valence electrons. The molecule has 0 spiro atoms. The summed E-state index contributed by atoms with van der Waals surface area (Å²) in [6.45, 7) is 4.39. The summed E-state index contributed by atoms with van der Waals surface area (Å²) in [5, 5.41) is 28.7. The van der Waals surface area contributed by atoms with Gasteiger partial charge in [0, 0.05) is 0 Å². The summed E-state index contributed by atoms with van der Waals surface area (Å²) in [6.07, 6.45) is 3.21. The predicted molar refractivity (Wildman–Crippen MR) is 119 cm³/mol. The summed E-state index contributed by atoms with van der Waals surface area (Å²) in [4.78, 5) is 60.3. The van der Waals surface area contributed by atoms with Crippen molar-refractivity contribution in [1.29, 1.82) is 0 Å². The molecule has 0 aromatic rings. The van der Waals surface area contributed by atoms with Crippen LogP contribution in [-0.4, -0.2) is 82.6 Å². The Morgan fingerprint density at radius 3 is 2.12 bits per heavy atom. The van der Waals surface area contributed by atoms with E-state index in [9.17, 15) is 29.1 Å². The van der Waals surface area contributed by atoms with Gasteiger partial charge in [-0.1, -0.05) is 13.8 Å². The SMILES string of the molecule is CSCCC(NC(=O)C1CCCN1)C(=O)NC(CC(C)C)C(=O)NC(CC(=O)O)C(=O)O. The highest BCUT2D eigenvalue weighted by atomic mass is 32.2. The number of hydrogen-bond donors (Lipinski definition) is 6. The third kappa shape index (κ3) is 9.86. The lowest BCUT2D eigenvalue weighted by Gasteiger charge is -2.26. The number of carbonyl (C=O) groups is 5. The third-order valence-electron chi connectivity index (χ3n) is 4.95. The highest BCUT2D eigenvalue weighted by Gasteiger charge is 2.32. The van der Waals surface area contributed by atoms with Crippen LogP contribution in [0, 0.1) is 5.92 Å². The molecule has 1 saturated heterocycles. The molecule has 0 radical (unpaired) electrons. The van der Waals surface area contributed by atoms with E-state index in [0.29, 0.717) is 18.6 Å². The standard InChI is InChI=1S/C20H34N4O7S/c1-11(2)9-14(19(29)24-15(20(30)31)10-16(25)26)23-18(28)13(6-8-32-3)22-17(27)12-5-4-7-21-12/h11-15,21H,4-10H2,1-3H3,(H,22,27)(H,23,28)(H,24,29)(H,25,26)(H,30,31). The summed E-state index contributed by atoms with van der Waals surface area (Å²) in [5.74, 6) is -3.87. The fraction of sp³-hybridized carbons (Fsp3) is 0.750. The lowest BCUT2D eigenvalue weighted by atomic mass is 10.0. The van der Waals surface area contributed by atoms with Crippen molar-refractivity contribution in [2.24, 2.45) is 5.92 Å². The van der Waals surface area contributed by atoms with Gasteiger partial charge in [-0.2, -0.15) is 11.8 Å². The largest absolute Gasteiger partial charge is 0.481 e. The lowest BCUT2D eigenvalue weighted by Crippen LogP contribution is -2.57. The number of carbonyl (C=O) groups excluding carboxylic acids is 3. The lowest BCUT2D eigenvalue weighted by molar-refractivity contribution is -0.147. The van der Waals surface area contributed by atoms with Crippen molar-refractivity contribution in [2.75, 3.05) is 18.6 Å². The maximum atomic E-state index is 12.9. The van der Waals surface area contributed by atoms with Crippen LogP contribution in [0.4, 0.5) is 0 Å². The molecule has 0 saturated carbocycles. The van der Waals surface area contributed by atoms with E-state index in [0.717, 1.165) is 13.0 Å². The highest BCUT2D eigenvalue weighted by Crippen LogP contribution is 2.10. The van der Waals surface area contributed by atoms with Gasteiger partial charge in [-0.15, -0.1) is 0 Å². The summed E-state index contributed by atoms with van der Waals surface area (Å²) in [7, 11) is 0. The number of carboxylic acids is 2. The Kier molecular flexibility index (Phi) is 12.1. The Balaban J connectivity index is 2.90. The van der Waals surface area contributed by atoms with Crippen LogP contribution in [0.1, 0.15) is 46.0 Å². The van der Waals surface area contributed by atoms with Crippen LogP contribution in [0.3, 0.4) is 0 Å². The van der Waals surface area contributed by atoms with Gasteiger partial charge in [-0.25, -0.2) is 4.79 Å². The Hall–Kier alpha value is -2.34. The van der Waals surface area contributed by atoms with Crippen molar-refractivity contribution in [3.8, 4) is 0 Å². The van der Waals surface area contributed by atoms with Crippen LogP contribution in [0.5, 0.6) is 0 Å². The topological polar surface area (TPSA) is 174 Å². The van der Waals surface area contributed by atoms with Gasteiger partial charge >= 0.3 is 11.9 Å². The molecule has 1 rings (SSSR count). The number of hydrogen-bond acceptors (Lipinski definition) is 7. The molecule has 0 bridgehead atoms. The maximum Gasteiger partial charge on any atom is 0.326 e. The second kappa shape index (κ2) is 13.9. The van der Waals surface area contributed by atoms with Gasteiger partial charge in [0.25, 0.3) is 0 Å². The molecule has 1 aliphatic rings. The number of amides is 3. The maximum absolute atomic E-state index is 12.9. The third-order valence-corrected chi connectivity index (χ3v) is 5.60. The van der Waals surface area contributed by atoms with Crippen molar-refractivity contribution in [3.63, 3.8) is 0 Å². The van der Waals surface area contributed by atoms with E-state index in [1.165, 1.54) is 11.8 Å². The van der Waals surface area contributed by atoms with Crippen LogP contribution >= 0.6 is 11.8 Å². The minimum Gasteiger partial charge on any atom is -0.481 e. The van der Waals surface area contributed by atoms with E-state index in [1.54, 1.807) is 0 Å². The first-order chi connectivity index (χ1) is 15.0. The van der Waals surface area contributed by atoms with Crippen molar-refractivity contribution in [3.05, 3.63) is 0 Å². The van der Waals surface area contributed by atoms with Crippen molar-refractivity contribution >= 4 is 41.4 Å². The smallest absolute Gasteiger partial charge is 0.326 e. The summed E-state index contributed by atoms with van der Waals surface area (Å²) >= 11 is 1.51. The molecule has 12 heteroatoms. The minimum absolute atomic E-state index is 0.0178. The van der Waals surface area contributed by atoms with Crippen LogP contribution < -0.4 is 21.3 Å². The van der Waals surface area contributed by atoms with Crippen molar-refractivity contribution < 1.29 is 34.2 Å². The predicted octanol–water partition coefficient (Wildman–Crippen LogP) is -0.449. The number of rotatable bonds is 14. The first-order valence-corrected chi connectivity index (χ1v) is 12.0. The van der Waals surface area contributed by atoms with Crippen molar-refractivity contribution in [1.82, 2.24) is 21.3 Å². The van der Waals surface area contributed by atoms with E-state index in [4.69, 9.17) is 5.11 Å². The van der Waals surface area contributed by atoms with Crippen LogP contribution in [-0.2, 0) is 24.0 Å². The molecular weight excluding hydrogens is 440 g/mol. The molecule has 32 heavy (non-hydrogen) atoms. The van der Waals surface area contributed by atoms with Crippen LogP contribution in [0.15, 0.2) is 0 Å². The first-order valence-electron chi connectivity index (χ1n) is 10.6. The van der Waals surface area contributed by atoms with Gasteiger partial charge in [0.05, 0.1) is 12.5 Å². The number of aliphatic carboxylic acids is 2. The Morgan fingerprint density at radius 1 is 1.00 bits per heavy atom. The van der Waals surface area contributed by atoms with Gasteiger partial charge in [-0.3, -0.25) is 19.2 Å². The van der Waals surface area contributed by atoms with E-state index < -0.39 is 48.3 Å². The first kappa shape index (κ1) is 27.7. The van der Waals surface area contributed by atoms with E-state index in [2.05, 4.69) is 21.3 Å². The highest BCUT2D eigenvalue weighted by molar-refractivity contribution is 7.98. The quantitative estimate of drug-likeness (QED) is 0.195. The summed E-state index contributed by atoms with van der Waals surface area (Å²) in [6, 6.07) is -3.90. The monoisotopic (exact) mass is 474 g/mol. The average Bonchev–Trinajstić information content (AvgIpc) is 3.24. The fourth-order valence-electron chi connectivity index (χ4n) is 3.31. The van der Waals surface area contributed by atoms with Gasteiger partial charge in [0.2, 0.25) is 17.7 Å². The molecule has 11 nitrogen and oxygen atoms in total. The molecule has 4 unspecified atom stereocenters. The second-order valence-corrected chi connectivity index (χ2v) is 9.17. The molecular formula is C20H34N4O7S. The molecule has 0 aromatic heterocycles. The van der Waals surface area contributed by atoms with Crippen molar-refractivity contribution in [2.45, 2.75) is 70.1 Å². The Labute approximate surface area is 191 Å². The molecule has 0 aromatic carbocycles. The van der Waals surface area contributed by atoms with Gasteiger partial charge in [-0.05, 0) is 50.2 Å². The minimum atomic E-state index is -1.62.